The summed E-state index contributed by atoms with van der Waals surface area (Å²) in [6.07, 6.45) is 7.07. The number of nitrogens with zero attached hydrogens (tertiary/aromatic N) is 1. The number of rotatable bonds is 4. The molecule has 0 amide bonds. The second-order valence-corrected chi connectivity index (χ2v) is 5.68. The first kappa shape index (κ1) is 14.0. The second-order valence-electron chi connectivity index (χ2n) is 5.68. The van der Waals surface area contributed by atoms with Gasteiger partial charge >= 0.3 is 0 Å². The van der Waals surface area contributed by atoms with Crippen LogP contribution in [-0.2, 0) is 6.42 Å². The maximum absolute atomic E-state index is 4.90. The summed E-state index contributed by atoms with van der Waals surface area (Å²) in [6.45, 7) is 7.67. The van der Waals surface area contributed by atoms with Crippen LogP contribution in [0.15, 0.2) is 40.9 Å². The van der Waals surface area contributed by atoms with E-state index in [0.717, 1.165) is 19.4 Å². The number of hydrogen-bond donors (Lipinski definition) is 0. The van der Waals surface area contributed by atoms with Crippen molar-refractivity contribution >= 4 is 5.71 Å². The van der Waals surface area contributed by atoms with E-state index in [9.17, 15) is 0 Å². The number of aliphatic imine (C=N–C) groups is 1. The summed E-state index contributed by atoms with van der Waals surface area (Å²) in [5.41, 5.74) is 5.52. The zero-order valence-electron chi connectivity index (χ0n) is 12.4. The molecule has 0 saturated carbocycles. The average molecular weight is 255 g/mol. The lowest BCUT2D eigenvalue weighted by Gasteiger charge is -2.22. The Hall–Kier alpha value is -1.37. The lowest BCUT2D eigenvalue weighted by molar-refractivity contribution is 0.796. The van der Waals surface area contributed by atoms with Gasteiger partial charge in [-0.05, 0) is 36.3 Å². The van der Waals surface area contributed by atoms with Crippen LogP contribution in [0.2, 0.25) is 0 Å². The van der Waals surface area contributed by atoms with Crippen LogP contribution < -0.4 is 0 Å². The normalized spacial score (nSPS) is 19.2. The predicted octanol–water partition coefficient (Wildman–Crippen LogP) is 4.80. The fourth-order valence-corrected chi connectivity index (χ4v) is 2.63. The molecule has 0 spiro atoms. The van der Waals surface area contributed by atoms with Gasteiger partial charge in [0.05, 0.1) is 5.71 Å². The third kappa shape index (κ3) is 3.56. The lowest BCUT2D eigenvalue weighted by atomic mass is 9.85. The smallest absolute Gasteiger partial charge is 0.0678 e. The minimum absolute atomic E-state index is 0.594. The van der Waals surface area contributed by atoms with E-state index < -0.39 is 0 Å². The van der Waals surface area contributed by atoms with E-state index in [1.54, 1.807) is 0 Å². The Bertz CT molecular complexity index is 480. The van der Waals surface area contributed by atoms with Crippen molar-refractivity contribution in [3.63, 3.8) is 0 Å². The molecule has 0 radical (unpaired) electrons. The first-order valence-corrected chi connectivity index (χ1v) is 7.56. The van der Waals surface area contributed by atoms with Crippen LogP contribution in [0.25, 0.3) is 0 Å². The predicted molar refractivity (Wildman–Crippen MR) is 84.0 cm³/mol. The molecule has 0 atom stereocenters. The maximum atomic E-state index is 4.90. The van der Waals surface area contributed by atoms with Gasteiger partial charge in [0.15, 0.2) is 0 Å². The molecule has 19 heavy (non-hydrogen) atoms. The minimum atomic E-state index is 0.594. The monoisotopic (exact) mass is 255 g/mol. The van der Waals surface area contributed by atoms with Gasteiger partial charge in [-0.15, -0.1) is 0 Å². The van der Waals surface area contributed by atoms with Crippen molar-refractivity contribution < 1.29 is 0 Å². The van der Waals surface area contributed by atoms with Crippen molar-refractivity contribution in [3.05, 3.63) is 47.0 Å². The summed E-state index contributed by atoms with van der Waals surface area (Å²) in [5, 5.41) is 0. The Kier molecular flexibility index (Phi) is 4.95. The molecular formula is C18H25N. The van der Waals surface area contributed by atoms with Crippen LogP contribution in [0, 0.1) is 5.92 Å². The summed E-state index contributed by atoms with van der Waals surface area (Å²) in [6, 6.07) is 8.75. The lowest BCUT2D eigenvalue weighted by Crippen LogP contribution is -2.16. The van der Waals surface area contributed by atoms with Crippen LogP contribution in [0.5, 0.6) is 0 Å². The zero-order chi connectivity index (χ0) is 13.7. The van der Waals surface area contributed by atoms with E-state index in [-0.39, 0.29) is 0 Å². The highest BCUT2D eigenvalue weighted by Gasteiger charge is 2.19. The molecular weight excluding hydrogens is 230 g/mol. The minimum Gasteiger partial charge on any atom is -0.284 e. The van der Waals surface area contributed by atoms with Crippen LogP contribution in [-0.4, -0.2) is 12.3 Å². The van der Waals surface area contributed by atoms with Gasteiger partial charge in [-0.1, -0.05) is 57.5 Å². The largest absolute Gasteiger partial charge is 0.284 e. The molecule has 0 saturated heterocycles. The molecule has 1 heteroatoms. The summed E-state index contributed by atoms with van der Waals surface area (Å²) < 4.78 is 0. The average Bonchev–Trinajstić information content (AvgIpc) is 2.40. The molecule has 1 aliphatic carbocycles. The summed E-state index contributed by atoms with van der Waals surface area (Å²) >= 11 is 0. The molecule has 1 nitrogen and oxygen atoms in total. The van der Waals surface area contributed by atoms with Gasteiger partial charge in [0.25, 0.3) is 0 Å². The molecule has 0 unspecified atom stereocenters. The highest BCUT2D eigenvalue weighted by Crippen LogP contribution is 2.26. The number of allylic oxidation sites excluding steroid dienone is 2. The molecule has 0 fully saturated rings. The van der Waals surface area contributed by atoms with Gasteiger partial charge in [-0.3, -0.25) is 4.99 Å². The fourth-order valence-electron chi connectivity index (χ4n) is 2.63. The molecule has 0 N–H and O–H groups in total. The molecule has 1 aliphatic rings. The Morgan fingerprint density at radius 1 is 1.21 bits per heavy atom. The van der Waals surface area contributed by atoms with Gasteiger partial charge in [-0.2, -0.15) is 0 Å². The molecule has 0 heterocycles. The molecule has 2 rings (SSSR count). The standard InChI is InChI=1S/C18H25N/c1-4-5-12-19-18-16(13-14(2)3)11-10-15-8-6-7-9-17(15)18/h6-9,13-14H,4-5,10-12H2,1-3H3/b16-13+,19-18?. The van der Waals surface area contributed by atoms with E-state index in [0.29, 0.717) is 5.92 Å². The zero-order valence-corrected chi connectivity index (χ0v) is 12.4. The van der Waals surface area contributed by atoms with E-state index in [1.807, 2.05) is 0 Å². The highest BCUT2D eigenvalue weighted by molar-refractivity contribution is 6.14. The number of aryl methyl sites for hydroxylation is 1. The summed E-state index contributed by atoms with van der Waals surface area (Å²) in [7, 11) is 0. The van der Waals surface area contributed by atoms with Gasteiger partial charge in [-0.25, -0.2) is 0 Å². The maximum Gasteiger partial charge on any atom is 0.0678 e. The Morgan fingerprint density at radius 3 is 2.74 bits per heavy atom. The second kappa shape index (κ2) is 6.70. The molecule has 0 aromatic heterocycles. The van der Waals surface area contributed by atoms with E-state index >= 15 is 0 Å². The van der Waals surface area contributed by atoms with Crippen molar-refractivity contribution in [3.8, 4) is 0 Å². The number of hydrogen-bond acceptors (Lipinski definition) is 1. The van der Waals surface area contributed by atoms with Crippen molar-refractivity contribution in [1.29, 1.82) is 0 Å². The van der Waals surface area contributed by atoms with Gasteiger partial charge < -0.3 is 0 Å². The third-order valence-electron chi connectivity index (χ3n) is 3.56. The number of unbranched alkanes of at least 4 members (excludes halogenated alkanes) is 1. The van der Waals surface area contributed by atoms with Gasteiger partial charge in [0, 0.05) is 12.1 Å². The Balaban J connectivity index is 2.36. The van der Waals surface area contributed by atoms with E-state index in [1.165, 1.54) is 35.3 Å². The van der Waals surface area contributed by atoms with Gasteiger partial charge in [0.2, 0.25) is 0 Å². The SMILES string of the molecule is CCCCN=C1/C(=C/C(C)C)CCc2ccccc21. The first-order chi connectivity index (χ1) is 9.22. The fraction of sp³-hybridized carbons (Fsp3) is 0.500. The van der Waals surface area contributed by atoms with Crippen LogP contribution >= 0.6 is 0 Å². The van der Waals surface area contributed by atoms with E-state index in [2.05, 4.69) is 51.1 Å². The third-order valence-corrected chi connectivity index (χ3v) is 3.56. The first-order valence-electron chi connectivity index (χ1n) is 7.56. The molecule has 102 valence electrons. The van der Waals surface area contributed by atoms with Crippen LogP contribution in [0.1, 0.15) is 51.2 Å². The van der Waals surface area contributed by atoms with Crippen molar-refractivity contribution in [2.24, 2.45) is 10.9 Å². The quantitative estimate of drug-likeness (QED) is 0.685. The van der Waals surface area contributed by atoms with Crippen molar-refractivity contribution in [1.82, 2.24) is 0 Å². The Labute approximate surface area is 117 Å². The molecule has 1 aromatic rings. The molecule has 0 bridgehead atoms. The van der Waals surface area contributed by atoms with Crippen LogP contribution in [0.3, 0.4) is 0 Å². The summed E-state index contributed by atoms with van der Waals surface area (Å²) in [4.78, 5) is 4.90. The van der Waals surface area contributed by atoms with Crippen molar-refractivity contribution in [2.75, 3.05) is 6.54 Å². The van der Waals surface area contributed by atoms with Crippen molar-refractivity contribution in [2.45, 2.75) is 46.5 Å². The van der Waals surface area contributed by atoms with Crippen LogP contribution in [0.4, 0.5) is 0 Å². The number of fused-ring (bicyclic) bond motifs is 1. The van der Waals surface area contributed by atoms with E-state index in [4.69, 9.17) is 4.99 Å². The molecule has 0 aliphatic heterocycles. The summed E-state index contributed by atoms with van der Waals surface area (Å²) in [5.74, 6) is 0.594. The highest BCUT2D eigenvalue weighted by atomic mass is 14.7. The topological polar surface area (TPSA) is 12.4 Å². The number of benzene rings is 1. The Morgan fingerprint density at radius 2 is 2.00 bits per heavy atom. The molecule has 1 aromatic carbocycles. The van der Waals surface area contributed by atoms with Gasteiger partial charge in [0.1, 0.15) is 0 Å².